The summed E-state index contributed by atoms with van der Waals surface area (Å²) in [6, 6.07) is 18.9. The Balaban J connectivity index is 1.37. The quantitative estimate of drug-likeness (QED) is 0.546. The van der Waals surface area contributed by atoms with E-state index in [9.17, 15) is 0 Å². The zero-order chi connectivity index (χ0) is 17.3. The lowest BCUT2D eigenvalue weighted by Gasteiger charge is -2.21. The highest BCUT2D eigenvalue weighted by Gasteiger charge is 2.29. The summed E-state index contributed by atoms with van der Waals surface area (Å²) in [5.74, 6) is 0. The number of hydrogen-bond acceptors (Lipinski definition) is 5. The fraction of sp³-hybridized carbons (Fsp3) is 0.250. The van der Waals surface area contributed by atoms with Crippen molar-refractivity contribution in [3.05, 3.63) is 71.5 Å². The number of thiazole rings is 1. The van der Waals surface area contributed by atoms with E-state index in [0.717, 1.165) is 36.4 Å². The molecule has 1 aliphatic rings. The molecular weight excluding hydrogens is 342 g/mol. The van der Waals surface area contributed by atoms with E-state index in [-0.39, 0.29) is 0 Å². The molecule has 0 spiro atoms. The minimum Gasteiger partial charge on any atom is -0.288 e. The summed E-state index contributed by atoms with van der Waals surface area (Å²) in [5.41, 5.74) is 3.15. The summed E-state index contributed by atoms with van der Waals surface area (Å²) >= 11 is 1.82. The van der Waals surface area contributed by atoms with E-state index < -0.39 is 0 Å². The molecule has 1 saturated heterocycles. The van der Waals surface area contributed by atoms with Crippen molar-refractivity contribution in [3.8, 4) is 5.69 Å². The molecule has 5 nitrogen and oxygen atoms in total. The maximum atomic E-state index is 4.87. The standard InChI is InChI=1S/C20H19N5S/c1-2-7-16(8-3-1)25-14-15(22-23-25)13-24-12-6-10-18(24)20-21-17-9-4-5-11-19(17)26-20/h1-5,7-9,11,14,18H,6,10,12-13H2/t18-/m1/s1. The lowest BCUT2D eigenvalue weighted by Crippen LogP contribution is -2.22. The molecule has 0 radical (unpaired) electrons. The summed E-state index contributed by atoms with van der Waals surface area (Å²) in [6.45, 7) is 1.90. The van der Waals surface area contributed by atoms with Crippen molar-refractivity contribution in [3.63, 3.8) is 0 Å². The SMILES string of the molecule is c1ccc(-n2cc(CN3CCC[C@@H]3c3nc4ccccc4s3)nn2)cc1. The summed E-state index contributed by atoms with van der Waals surface area (Å²) in [4.78, 5) is 7.36. The third kappa shape index (κ3) is 2.91. The molecule has 0 saturated carbocycles. The van der Waals surface area contributed by atoms with E-state index in [1.165, 1.54) is 16.1 Å². The van der Waals surface area contributed by atoms with Gasteiger partial charge < -0.3 is 0 Å². The number of aromatic nitrogens is 4. The van der Waals surface area contributed by atoms with Crippen LogP contribution in [0, 0.1) is 0 Å². The van der Waals surface area contributed by atoms with Crippen LogP contribution in [0.1, 0.15) is 29.6 Å². The molecule has 0 unspecified atom stereocenters. The van der Waals surface area contributed by atoms with Crippen LogP contribution < -0.4 is 0 Å². The molecule has 0 N–H and O–H groups in total. The molecule has 4 aromatic rings. The summed E-state index contributed by atoms with van der Waals surface area (Å²) in [6.07, 6.45) is 4.39. The Morgan fingerprint density at radius 1 is 1.04 bits per heavy atom. The van der Waals surface area contributed by atoms with Gasteiger partial charge in [-0.05, 0) is 43.7 Å². The molecule has 130 valence electrons. The maximum Gasteiger partial charge on any atom is 0.111 e. The fourth-order valence-electron chi connectivity index (χ4n) is 3.61. The van der Waals surface area contributed by atoms with Crippen LogP contribution >= 0.6 is 11.3 Å². The number of fused-ring (bicyclic) bond motifs is 1. The van der Waals surface area contributed by atoms with Crippen molar-refractivity contribution in [2.24, 2.45) is 0 Å². The number of benzene rings is 2. The summed E-state index contributed by atoms with van der Waals surface area (Å²) in [7, 11) is 0. The monoisotopic (exact) mass is 361 g/mol. The summed E-state index contributed by atoms with van der Waals surface area (Å²) < 4.78 is 3.11. The third-order valence-electron chi connectivity index (χ3n) is 4.89. The number of likely N-dealkylation sites (tertiary alicyclic amines) is 1. The van der Waals surface area contributed by atoms with Gasteiger partial charge in [-0.1, -0.05) is 35.5 Å². The lowest BCUT2D eigenvalue weighted by molar-refractivity contribution is 0.245. The van der Waals surface area contributed by atoms with E-state index >= 15 is 0 Å². The van der Waals surface area contributed by atoms with Crippen molar-refractivity contribution >= 4 is 21.6 Å². The first-order valence-electron chi connectivity index (χ1n) is 8.93. The van der Waals surface area contributed by atoms with Crippen LogP contribution in [0.2, 0.25) is 0 Å². The van der Waals surface area contributed by atoms with Crippen molar-refractivity contribution in [1.82, 2.24) is 24.9 Å². The van der Waals surface area contributed by atoms with Gasteiger partial charge in [-0.25, -0.2) is 9.67 Å². The molecule has 26 heavy (non-hydrogen) atoms. The smallest absolute Gasteiger partial charge is 0.111 e. The fourth-order valence-corrected chi connectivity index (χ4v) is 4.75. The molecule has 3 heterocycles. The number of rotatable bonds is 4. The van der Waals surface area contributed by atoms with Gasteiger partial charge in [0.15, 0.2) is 0 Å². The Morgan fingerprint density at radius 2 is 1.88 bits per heavy atom. The molecule has 6 heteroatoms. The Hall–Kier alpha value is -2.57. The van der Waals surface area contributed by atoms with Crippen molar-refractivity contribution in [2.45, 2.75) is 25.4 Å². The van der Waals surface area contributed by atoms with Gasteiger partial charge in [-0.2, -0.15) is 0 Å². The van der Waals surface area contributed by atoms with Crippen LogP contribution in [-0.2, 0) is 6.54 Å². The van der Waals surface area contributed by atoms with Gasteiger partial charge in [0.25, 0.3) is 0 Å². The molecule has 0 bridgehead atoms. The molecule has 1 fully saturated rings. The van der Waals surface area contributed by atoms with Gasteiger partial charge in [0.2, 0.25) is 0 Å². The molecule has 2 aromatic heterocycles. The zero-order valence-corrected chi connectivity index (χ0v) is 15.1. The Labute approximate surface area is 155 Å². The van der Waals surface area contributed by atoms with Crippen molar-refractivity contribution in [1.29, 1.82) is 0 Å². The highest BCUT2D eigenvalue weighted by Crippen LogP contribution is 2.37. The lowest BCUT2D eigenvalue weighted by atomic mass is 10.2. The minimum absolute atomic E-state index is 0.384. The van der Waals surface area contributed by atoms with Crippen LogP contribution in [0.3, 0.4) is 0 Å². The highest BCUT2D eigenvalue weighted by atomic mass is 32.1. The van der Waals surface area contributed by atoms with E-state index in [0.29, 0.717) is 6.04 Å². The Bertz CT molecular complexity index is 990. The topological polar surface area (TPSA) is 46.8 Å². The second kappa shape index (κ2) is 6.63. The van der Waals surface area contributed by atoms with Crippen LogP contribution in [0.15, 0.2) is 60.8 Å². The van der Waals surface area contributed by atoms with Gasteiger partial charge in [0.05, 0.1) is 33.8 Å². The predicted octanol–water partition coefficient (Wildman–Crippen LogP) is 4.21. The number of nitrogens with zero attached hydrogens (tertiary/aromatic N) is 5. The van der Waals surface area contributed by atoms with Gasteiger partial charge in [-0.15, -0.1) is 16.4 Å². The van der Waals surface area contributed by atoms with Crippen LogP contribution in [0.5, 0.6) is 0 Å². The van der Waals surface area contributed by atoms with Crippen LogP contribution in [0.25, 0.3) is 15.9 Å². The minimum atomic E-state index is 0.384. The molecule has 0 amide bonds. The zero-order valence-electron chi connectivity index (χ0n) is 14.3. The average Bonchev–Trinajstić information content (AvgIpc) is 3.41. The largest absolute Gasteiger partial charge is 0.288 e. The van der Waals surface area contributed by atoms with E-state index in [2.05, 4.69) is 39.5 Å². The summed E-state index contributed by atoms with van der Waals surface area (Å²) in [5, 5.41) is 9.89. The third-order valence-corrected chi connectivity index (χ3v) is 6.02. The Morgan fingerprint density at radius 3 is 2.77 bits per heavy atom. The first-order valence-corrected chi connectivity index (χ1v) is 9.75. The van der Waals surface area contributed by atoms with E-state index in [4.69, 9.17) is 4.98 Å². The van der Waals surface area contributed by atoms with Crippen LogP contribution in [0.4, 0.5) is 0 Å². The first-order chi connectivity index (χ1) is 12.9. The van der Waals surface area contributed by atoms with Crippen molar-refractivity contribution in [2.75, 3.05) is 6.54 Å². The van der Waals surface area contributed by atoms with Crippen LogP contribution in [-0.4, -0.2) is 31.4 Å². The van der Waals surface area contributed by atoms with Crippen molar-refractivity contribution < 1.29 is 0 Å². The van der Waals surface area contributed by atoms with Gasteiger partial charge >= 0.3 is 0 Å². The predicted molar refractivity (Wildman–Crippen MR) is 103 cm³/mol. The maximum absolute atomic E-state index is 4.87. The average molecular weight is 361 g/mol. The molecule has 5 rings (SSSR count). The number of hydrogen-bond donors (Lipinski definition) is 0. The molecule has 0 aliphatic carbocycles. The molecule has 1 atom stereocenters. The number of para-hydroxylation sites is 2. The van der Waals surface area contributed by atoms with Gasteiger partial charge in [0, 0.05) is 6.54 Å². The van der Waals surface area contributed by atoms with E-state index in [1.54, 1.807) is 0 Å². The molecule has 2 aromatic carbocycles. The van der Waals surface area contributed by atoms with Gasteiger partial charge in [-0.3, -0.25) is 4.90 Å². The second-order valence-corrected chi connectivity index (χ2v) is 7.70. The Kier molecular flexibility index (Phi) is 3.99. The van der Waals surface area contributed by atoms with Gasteiger partial charge in [0.1, 0.15) is 5.01 Å². The normalized spacial score (nSPS) is 17.9. The molecular formula is C20H19N5S. The second-order valence-electron chi connectivity index (χ2n) is 6.64. The highest BCUT2D eigenvalue weighted by molar-refractivity contribution is 7.18. The van der Waals surface area contributed by atoms with E-state index in [1.807, 2.05) is 52.5 Å². The first kappa shape index (κ1) is 15.7. The molecule has 1 aliphatic heterocycles.